The highest BCUT2D eigenvalue weighted by Gasteiger charge is 2.23. The molecule has 0 bridgehead atoms. The van der Waals surface area contributed by atoms with Crippen molar-refractivity contribution in [1.29, 1.82) is 5.26 Å². The lowest BCUT2D eigenvalue weighted by Crippen LogP contribution is -2.44. The van der Waals surface area contributed by atoms with Gasteiger partial charge < -0.3 is 9.47 Å². The zero-order valence-corrected chi connectivity index (χ0v) is 13.5. The van der Waals surface area contributed by atoms with Gasteiger partial charge in [0.05, 0.1) is 19.8 Å². The summed E-state index contributed by atoms with van der Waals surface area (Å²) in [5.74, 6) is 1.67. The predicted molar refractivity (Wildman–Crippen MR) is 84.6 cm³/mol. The second-order valence-corrected chi connectivity index (χ2v) is 5.72. The van der Waals surface area contributed by atoms with Crippen molar-refractivity contribution < 1.29 is 9.47 Å². The molecule has 0 saturated carbocycles. The van der Waals surface area contributed by atoms with E-state index in [1.54, 1.807) is 7.11 Å². The first-order valence-corrected chi connectivity index (χ1v) is 7.45. The maximum Gasteiger partial charge on any atom is 0.119 e. The fraction of sp³-hybridized carbons (Fsp3) is 0.588. The number of rotatable bonds is 9. The zero-order valence-electron chi connectivity index (χ0n) is 13.5. The molecule has 4 nitrogen and oxygen atoms in total. The number of hydrogen-bond donors (Lipinski definition) is 1. The molecule has 0 fully saturated rings. The summed E-state index contributed by atoms with van der Waals surface area (Å²) < 4.78 is 10.8. The maximum atomic E-state index is 9.26. The van der Waals surface area contributed by atoms with Crippen LogP contribution in [0, 0.1) is 11.3 Å². The monoisotopic (exact) mass is 290 g/mol. The first kappa shape index (κ1) is 17.3. The van der Waals surface area contributed by atoms with Gasteiger partial charge in [-0.25, -0.2) is 0 Å². The number of ether oxygens (including phenoxy) is 2. The molecule has 0 amide bonds. The van der Waals surface area contributed by atoms with E-state index in [9.17, 15) is 5.26 Å². The quantitative estimate of drug-likeness (QED) is 0.707. The number of nitrogens with zero attached hydrogens (tertiary/aromatic N) is 1. The van der Waals surface area contributed by atoms with Gasteiger partial charge in [-0.2, -0.15) is 5.26 Å². The topological polar surface area (TPSA) is 54.3 Å². The molecule has 1 aromatic rings. The van der Waals surface area contributed by atoms with Gasteiger partial charge in [0.25, 0.3) is 0 Å². The van der Waals surface area contributed by atoms with E-state index in [2.05, 4.69) is 25.2 Å². The van der Waals surface area contributed by atoms with Crippen LogP contribution in [-0.4, -0.2) is 25.3 Å². The molecule has 0 heterocycles. The fourth-order valence-electron chi connectivity index (χ4n) is 2.24. The third-order valence-corrected chi connectivity index (χ3v) is 3.25. The van der Waals surface area contributed by atoms with Crippen molar-refractivity contribution in [2.75, 3.05) is 13.7 Å². The molecule has 0 saturated heterocycles. The van der Waals surface area contributed by atoms with Crippen LogP contribution in [-0.2, 0) is 0 Å². The number of methoxy groups -OCH3 is 1. The minimum absolute atomic E-state index is 0.310. The van der Waals surface area contributed by atoms with Crippen LogP contribution in [0.5, 0.6) is 11.5 Å². The van der Waals surface area contributed by atoms with Crippen molar-refractivity contribution in [1.82, 2.24) is 5.32 Å². The summed E-state index contributed by atoms with van der Waals surface area (Å²) in [4.78, 5) is 0. The standard InChI is InChI=1S/C17H26N2O2/c1-14(2)19-17(3,13-18)11-5-6-12-21-16-9-7-15(20-4)8-10-16/h7-10,14,19H,5-6,11-12H2,1-4H3. The van der Waals surface area contributed by atoms with E-state index < -0.39 is 5.54 Å². The number of benzene rings is 1. The largest absolute Gasteiger partial charge is 0.497 e. The molecule has 1 atom stereocenters. The molecule has 0 aliphatic heterocycles. The van der Waals surface area contributed by atoms with Crippen molar-refractivity contribution in [3.8, 4) is 17.6 Å². The van der Waals surface area contributed by atoms with Crippen LogP contribution < -0.4 is 14.8 Å². The smallest absolute Gasteiger partial charge is 0.119 e. The van der Waals surface area contributed by atoms with Gasteiger partial charge >= 0.3 is 0 Å². The van der Waals surface area contributed by atoms with Gasteiger partial charge in [-0.1, -0.05) is 0 Å². The van der Waals surface area contributed by atoms with Crippen molar-refractivity contribution in [3.05, 3.63) is 24.3 Å². The maximum absolute atomic E-state index is 9.26. The Kier molecular flexibility index (Phi) is 7.04. The molecular weight excluding hydrogens is 264 g/mol. The number of nitriles is 1. The van der Waals surface area contributed by atoms with Crippen LogP contribution in [0.1, 0.15) is 40.0 Å². The molecule has 0 radical (unpaired) electrons. The first-order chi connectivity index (χ1) is 9.99. The van der Waals surface area contributed by atoms with Gasteiger partial charge in [-0.15, -0.1) is 0 Å². The summed E-state index contributed by atoms with van der Waals surface area (Å²) in [5, 5.41) is 12.6. The third kappa shape index (κ3) is 6.50. The first-order valence-electron chi connectivity index (χ1n) is 7.45. The highest BCUT2D eigenvalue weighted by atomic mass is 16.5. The molecule has 0 aliphatic rings. The van der Waals surface area contributed by atoms with Crippen molar-refractivity contribution in [2.45, 2.75) is 51.6 Å². The van der Waals surface area contributed by atoms with E-state index >= 15 is 0 Å². The predicted octanol–water partition coefficient (Wildman–Crippen LogP) is 3.52. The Labute approximate surface area is 128 Å². The lowest BCUT2D eigenvalue weighted by atomic mass is 9.96. The average molecular weight is 290 g/mol. The summed E-state index contributed by atoms with van der Waals surface area (Å²) >= 11 is 0. The van der Waals surface area contributed by atoms with Crippen LogP contribution in [0.2, 0.25) is 0 Å². The van der Waals surface area contributed by atoms with Gasteiger partial charge in [0.2, 0.25) is 0 Å². The zero-order chi connectivity index (χ0) is 15.7. The van der Waals surface area contributed by atoms with E-state index in [1.807, 2.05) is 31.2 Å². The van der Waals surface area contributed by atoms with Crippen LogP contribution in [0.25, 0.3) is 0 Å². The molecule has 116 valence electrons. The second-order valence-electron chi connectivity index (χ2n) is 5.72. The normalized spacial score (nSPS) is 13.5. The van der Waals surface area contributed by atoms with Gasteiger partial charge in [0.15, 0.2) is 0 Å². The minimum Gasteiger partial charge on any atom is -0.497 e. The number of nitrogens with one attached hydrogen (secondary N) is 1. The second kappa shape index (κ2) is 8.53. The van der Waals surface area contributed by atoms with Crippen molar-refractivity contribution in [2.24, 2.45) is 0 Å². The molecule has 0 spiro atoms. The number of unbranched alkanes of at least 4 members (excludes halogenated alkanes) is 1. The Morgan fingerprint density at radius 1 is 1.19 bits per heavy atom. The number of hydrogen-bond acceptors (Lipinski definition) is 4. The summed E-state index contributed by atoms with van der Waals surface area (Å²) in [6.45, 7) is 6.73. The highest BCUT2D eigenvalue weighted by Crippen LogP contribution is 2.18. The van der Waals surface area contributed by atoms with Crippen molar-refractivity contribution in [3.63, 3.8) is 0 Å². The van der Waals surface area contributed by atoms with Crippen LogP contribution in [0.4, 0.5) is 0 Å². The third-order valence-electron chi connectivity index (χ3n) is 3.25. The van der Waals surface area contributed by atoms with Gasteiger partial charge in [0, 0.05) is 6.04 Å². The van der Waals surface area contributed by atoms with Gasteiger partial charge in [-0.3, -0.25) is 5.32 Å². The Bertz CT molecular complexity index is 451. The summed E-state index contributed by atoms with van der Waals surface area (Å²) in [6.07, 6.45) is 2.72. The summed E-state index contributed by atoms with van der Waals surface area (Å²) in [7, 11) is 1.65. The van der Waals surface area contributed by atoms with Crippen molar-refractivity contribution >= 4 is 0 Å². The lowest BCUT2D eigenvalue weighted by molar-refractivity contribution is 0.291. The summed E-state index contributed by atoms with van der Waals surface area (Å²) in [6, 6.07) is 10.2. The molecule has 0 aliphatic carbocycles. The Balaban J connectivity index is 2.26. The molecule has 1 rings (SSSR count). The van der Waals surface area contributed by atoms with E-state index in [-0.39, 0.29) is 0 Å². The molecule has 1 aromatic carbocycles. The average Bonchev–Trinajstić information content (AvgIpc) is 2.47. The molecule has 4 heteroatoms. The van der Waals surface area contributed by atoms with Crippen LogP contribution >= 0.6 is 0 Å². The van der Waals surface area contributed by atoms with Gasteiger partial charge in [0.1, 0.15) is 17.0 Å². The Morgan fingerprint density at radius 2 is 1.81 bits per heavy atom. The van der Waals surface area contributed by atoms with E-state index in [1.165, 1.54) is 0 Å². The van der Waals surface area contributed by atoms with Gasteiger partial charge in [-0.05, 0) is 64.3 Å². The molecule has 1 N–H and O–H groups in total. The lowest BCUT2D eigenvalue weighted by Gasteiger charge is -2.25. The molecule has 21 heavy (non-hydrogen) atoms. The van der Waals surface area contributed by atoms with Crippen LogP contribution in [0.15, 0.2) is 24.3 Å². The molecule has 0 aromatic heterocycles. The minimum atomic E-state index is -0.450. The SMILES string of the molecule is COc1ccc(OCCCCC(C)(C#N)NC(C)C)cc1. The van der Waals surface area contributed by atoms with Crippen LogP contribution in [0.3, 0.4) is 0 Å². The Hall–Kier alpha value is -1.73. The summed E-state index contributed by atoms with van der Waals surface area (Å²) in [5.41, 5.74) is -0.450. The van der Waals surface area contributed by atoms with E-state index in [0.717, 1.165) is 30.8 Å². The molecular formula is C17H26N2O2. The molecule has 1 unspecified atom stereocenters. The Morgan fingerprint density at radius 3 is 2.33 bits per heavy atom. The fourth-order valence-corrected chi connectivity index (χ4v) is 2.24. The van der Waals surface area contributed by atoms with E-state index in [4.69, 9.17) is 9.47 Å². The highest BCUT2D eigenvalue weighted by molar-refractivity contribution is 5.31. The van der Waals surface area contributed by atoms with E-state index in [0.29, 0.717) is 12.6 Å².